The molecule has 0 saturated heterocycles. The molecule has 112 valence electrons. The Kier molecular flexibility index (Phi) is 4.42. The lowest BCUT2D eigenvalue weighted by atomic mass is 10.1. The Morgan fingerprint density at radius 2 is 1.95 bits per heavy atom. The number of sulfone groups is 1. The maximum absolute atomic E-state index is 11.2. The van der Waals surface area contributed by atoms with E-state index in [-0.39, 0.29) is 11.3 Å². The van der Waals surface area contributed by atoms with Crippen molar-refractivity contribution >= 4 is 32.4 Å². The first-order valence-electron chi connectivity index (χ1n) is 6.41. The molecule has 0 saturated carbocycles. The van der Waals surface area contributed by atoms with Crippen molar-refractivity contribution in [2.24, 2.45) is 0 Å². The van der Waals surface area contributed by atoms with E-state index >= 15 is 0 Å². The van der Waals surface area contributed by atoms with E-state index in [9.17, 15) is 13.2 Å². The Morgan fingerprint density at radius 3 is 2.57 bits per heavy atom. The SMILES string of the molecule is CS(=O)(=O)CCCNc1ncc(C(=O)O)c2ccccc12. The molecule has 1 aromatic heterocycles. The highest BCUT2D eigenvalue weighted by molar-refractivity contribution is 7.90. The maximum atomic E-state index is 11.2. The average Bonchev–Trinajstić information content (AvgIpc) is 2.42. The summed E-state index contributed by atoms with van der Waals surface area (Å²) in [6.45, 7) is 0.455. The second-order valence-electron chi connectivity index (χ2n) is 4.78. The number of nitrogens with one attached hydrogen (secondary N) is 1. The molecule has 21 heavy (non-hydrogen) atoms. The van der Waals surface area contributed by atoms with Gasteiger partial charge in [0, 0.05) is 29.8 Å². The Bertz CT molecular complexity index is 772. The minimum atomic E-state index is -2.98. The van der Waals surface area contributed by atoms with Crippen LogP contribution in [0.1, 0.15) is 16.8 Å². The van der Waals surface area contributed by atoms with Gasteiger partial charge in [-0.3, -0.25) is 0 Å². The Morgan fingerprint density at radius 1 is 1.29 bits per heavy atom. The van der Waals surface area contributed by atoms with Crippen LogP contribution < -0.4 is 5.32 Å². The van der Waals surface area contributed by atoms with E-state index in [0.29, 0.717) is 29.6 Å². The summed E-state index contributed by atoms with van der Waals surface area (Å²) < 4.78 is 22.1. The van der Waals surface area contributed by atoms with Gasteiger partial charge < -0.3 is 10.4 Å². The molecule has 2 aromatic rings. The zero-order valence-corrected chi connectivity index (χ0v) is 12.4. The van der Waals surface area contributed by atoms with Crippen molar-refractivity contribution in [1.82, 2.24) is 4.98 Å². The molecule has 0 unspecified atom stereocenters. The minimum absolute atomic E-state index is 0.102. The average molecular weight is 308 g/mol. The molecule has 0 radical (unpaired) electrons. The first-order chi connectivity index (χ1) is 9.88. The third kappa shape index (κ3) is 3.91. The molecule has 7 heteroatoms. The summed E-state index contributed by atoms with van der Waals surface area (Å²) in [7, 11) is -2.98. The molecule has 6 nitrogen and oxygen atoms in total. The first-order valence-corrected chi connectivity index (χ1v) is 8.47. The zero-order chi connectivity index (χ0) is 15.5. The van der Waals surface area contributed by atoms with Crippen LogP contribution in [0.4, 0.5) is 5.82 Å². The molecule has 0 aliphatic heterocycles. The number of aromatic nitrogens is 1. The molecule has 0 spiro atoms. The fraction of sp³-hybridized carbons (Fsp3) is 0.286. The number of rotatable bonds is 6. The number of carboxylic acids is 1. The highest BCUT2D eigenvalue weighted by Crippen LogP contribution is 2.24. The van der Waals surface area contributed by atoms with Crippen LogP contribution in [0.5, 0.6) is 0 Å². The fourth-order valence-corrected chi connectivity index (χ4v) is 2.71. The summed E-state index contributed by atoms with van der Waals surface area (Å²) in [5, 5.41) is 13.5. The van der Waals surface area contributed by atoms with Crippen LogP contribution in [0.15, 0.2) is 30.5 Å². The van der Waals surface area contributed by atoms with Crippen molar-refractivity contribution in [3.8, 4) is 0 Å². The van der Waals surface area contributed by atoms with Gasteiger partial charge in [0.25, 0.3) is 0 Å². The van der Waals surface area contributed by atoms with Gasteiger partial charge in [0.1, 0.15) is 15.7 Å². The van der Waals surface area contributed by atoms with Crippen LogP contribution in [0.2, 0.25) is 0 Å². The van der Waals surface area contributed by atoms with E-state index in [1.807, 2.05) is 0 Å². The zero-order valence-electron chi connectivity index (χ0n) is 11.5. The molecule has 0 aliphatic carbocycles. The normalized spacial score (nSPS) is 11.5. The molecule has 0 amide bonds. The van der Waals surface area contributed by atoms with Gasteiger partial charge in [-0.1, -0.05) is 24.3 Å². The lowest BCUT2D eigenvalue weighted by Gasteiger charge is -2.10. The van der Waals surface area contributed by atoms with Crippen molar-refractivity contribution in [3.63, 3.8) is 0 Å². The van der Waals surface area contributed by atoms with Crippen LogP contribution in [0.25, 0.3) is 10.8 Å². The van der Waals surface area contributed by atoms with Crippen molar-refractivity contribution in [3.05, 3.63) is 36.0 Å². The molecule has 0 fully saturated rings. The number of fused-ring (bicyclic) bond motifs is 1. The maximum Gasteiger partial charge on any atom is 0.337 e. The largest absolute Gasteiger partial charge is 0.478 e. The minimum Gasteiger partial charge on any atom is -0.478 e. The second-order valence-corrected chi connectivity index (χ2v) is 7.04. The van der Waals surface area contributed by atoms with Crippen molar-refractivity contribution in [2.45, 2.75) is 6.42 Å². The van der Waals surface area contributed by atoms with Crippen molar-refractivity contribution in [2.75, 3.05) is 23.9 Å². The van der Waals surface area contributed by atoms with E-state index in [2.05, 4.69) is 10.3 Å². The number of carbonyl (C=O) groups is 1. The fourth-order valence-electron chi connectivity index (χ4n) is 2.05. The molecule has 0 bridgehead atoms. The van der Waals surface area contributed by atoms with Crippen LogP contribution in [0.3, 0.4) is 0 Å². The molecule has 0 aliphatic rings. The van der Waals surface area contributed by atoms with Gasteiger partial charge in [0.05, 0.1) is 11.3 Å². The van der Waals surface area contributed by atoms with Gasteiger partial charge in [-0.15, -0.1) is 0 Å². The number of anilines is 1. The van der Waals surface area contributed by atoms with Gasteiger partial charge in [-0.2, -0.15) is 0 Å². The van der Waals surface area contributed by atoms with E-state index in [1.165, 1.54) is 12.5 Å². The van der Waals surface area contributed by atoms with E-state index in [1.54, 1.807) is 24.3 Å². The number of nitrogens with zero attached hydrogens (tertiary/aromatic N) is 1. The monoisotopic (exact) mass is 308 g/mol. The van der Waals surface area contributed by atoms with Gasteiger partial charge >= 0.3 is 5.97 Å². The molecular weight excluding hydrogens is 292 g/mol. The van der Waals surface area contributed by atoms with Crippen LogP contribution in [-0.2, 0) is 9.84 Å². The number of hydrogen-bond donors (Lipinski definition) is 2. The number of hydrogen-bond acceptors (Lipinski definition) is 5. The van der Waals surface area contributed by atoms with Gasteiger partial charge in [-0.05, 0) is 6.42 Å². The lowest BCUT2D eigenvalue weighted by Crippen LogP contribution is -2.11. The van der Waals surface area contributed by atoms with E-state index in [0.717, 1.165) is 0 Å². The van der Waals surface area contributed by atoms with Crippen LogP contribution in [0, 0.1) is 0 Å². The summed E-state index contributed by atoms with van der Waals surface area (Å²) in [6.07, 6.45) is 2.97. The highest BCUT2D eigenvalue weighted by Gasteiger charge is 2.12. The Labute approximate surface area is 122 Å². The smallest absolute Gasteiger partial charge is 0.337 e. The summed E-state index contributed by atoms with van der Waals surface area (Å²) in [6, 6.07) is 7.08. The summed E-state index contributed by atoms with van der Waals surface area (Å²) in [4.78, 5) is 15.3. The molecule has 1 aromatic carbocycles. The predicted molar refractivity (Wildman–Crippen MR) is 81.5 cm³/mol. The Hall–Kier alpha value is -2.15. The van der Waals surface area contributed by atoms with Crippen LogP contribution >= 0.6 is 0 Å². The van der Waals surface area contributed by atoms with Gasteiger partial charge in [0.15, 0.2) is 0 Å². The lowest BCUT2D eigenvalue weighted by molar-refractivity contribution is 0.0698. The second kappa shape index (κ2) is 6.09. The van der Waals surface area contributed by atoms with E-state index in [4.69, 9.17) is 5.11 Å². The molecule has 1 heterocycles. The number of pyridine rings is 1. The molecular formula is C14H16N2O4S. The van der Waals surface area contributed by atoms with E-state index < -0.39 is 15.8 Å². The quantitative estimate of drug-likeness (QED) is 0.790. The topological polar surface area (TPSA) is 96.4 Å². The standard InChI is InChI=1S/C14H16N2O4S/c1-21(19,20)8-4-7-15-13-11-6-3-2-5-10(11)12(9-16-13)14(17)18/h2-3,5-6,9H,4,7-8H2,1H3,(H,15,16)(H,17,18). The summed E-state index contributed by atoms with van der Waals surface area (Å²) >= 11 is 0. The highest BCUT2D eigenvalue weighted by atomic mass is 32.2. The molecule has 2 rings (SSSR count). The predicted octanol–water partition coefficient (Wildman–Crippen LogP) is 1.78. The molecule has 2 N–H and O–H groups in total. The molecule has 0 atom stereocenters. The summed E-state index contributed by atoms with van der Waals surface area (Å²) in [5.41, 5.74) is 0.146. The van der Waals surface area contributed by atoms with Crippen molar-refractivity contribution < 1.29 is 18.3 Å². The van der Waals surface area contributed by atoms with Crippen LogP contribution in [-0.4, -0.2) is 43.0 Å². The van der Waals surface area contributed by atoms with Gasteiger partial charge in [-0.25, -0.2) is 18.2 Å². The summed E-state index contributed by atoms with van der Waals surface area (Å²) in [5.74, 6) is -0.364. The number of benzene rings is 1. The van der Waals surface area contributed by atoms with Gasteiger partial charge in [0.2, 0.25) is 0 Å². The van der Waals surface area contributed by atoms with Crippen molar-refractivity contribution in [1.29, 1.82) is 0 Å². The third-order valence-corrected chi connectivity index (χ3v) is 4.04. The number of aromatic carboxylic acids is 1. The first kappa shape index (κ1) is 15.2. The third-order valence-electron chi connectivity index (χ3n) is 3.01. The Balaban J connectivity index is 2.22. The number of carboxylic acid groups (broad SMARTS) is 1.